The molecule has 0 unspecified atom stereocenters. The number of carbonyl (C=O) groups is 2. The number of nitrogens with one attached hydrogen (secondary N) is 1. The first-order valence-electron chi connectivity index (χ1n) is 10.3. The van der Waals surface area contributed by atoms with Crippen molar-refractivity contribution in [2.75, 3.05) is 19.7 Å². The molecule has 2 fully saturated rings. The summed E-state index contributed by atoms with van der Waals surface area (Å²) in [7, 11) is -3.68. The number of amides is 1. The van der Waals surface area contributed by atoms with Gasteiger partial charge in [0.05, 0.1) is 10.5 Å². The van der Waals surface area contributed by atoms with Gasteiger partial charge in [-0.25, -0.2) is 13.2 Å². The molecule has 160 valence electrons. The molecule has 1 saturated heterocycles. The Hall–Kier alpha value is -1.93. The molecule has 1 aromatic carbocycles. The Labute approximate surface area is 172 Å². The van der Waals surface area contributed by atoms with Gasteiger partial charge >= 0.3 is 5.97 Å². The fourth-order valence-corrected chi connectivity index (χ4v) is 6.01. The predicted octanol–water partition coefficient (Wildman–Crippen LogP) is 2.57. The molecular weight excluding hydrogens is 392 g/mol. The van der Waals surface area contributed by atoms with Crippen LogP contribution in [0.2, 0.25) is 0 Å². The molecule has 2 atom stereocenters. The van der Waals surface area contributed by atoms with Crippen LogP contribution in [0.15, 0.2) is 29.2 Å². The van der Waals surface area contributed by atoms with E-state index in [-0.39, 0.29) is 29.0 Å². The third-order valence-electron chi connectivity index (χ3n) is 5.60. The van der Waals surface area contributed by atoms with E-state index in [0.717, 1.165) is 32.1 Å². The number of hydrogen-bond donors (Lipinski definition) is 1. The van der Waals surface area contributed by atoms with Crippen LogP contribution in [0.1, 0.15) is 56.3 Å². The fraction of sp³-hybridized carbons (Fsp3) is 0.619. The average molecular weight is 423 g/mol. The van der Waals surface area contributed by atoms with Crippen LogP contribution in [0.4, 0.5) is 0 Å². The van der Waals surface area contributed by atoms with E-state index < -0.39 is 16.0 Å². The molecule has 29 heavy (non-hydrogen) atoms. The summed E-state index contributed by atoms with van der Waals surface area (Å²) in [4.78, 5) is 24.3. The van der Waals surface area contributed by atoms with Crippen LogP contribution in [0.25, 0.3) is 0 Å². The summed E-state index contributed by atoms with van der Waals surface area (Å²) in [5.74, 6) is -0.450. The van der Waals surface area contributed by atoms with E-state index >= 15 is 0 Å². The van der Waals surface area contributed by atoms with E-state index in [1.54, 1.807) is 0 Å². The third-order valence-corrected chi connectivity index (χ3v) is 7.43. The molecule has 0 spiro atoms. The number of hydrogen-bond acceptors (Lipinski definition) is 5. The fourth-order valence-electron chi connectivity index (χ4n) is 4.29. The van der Waals surface area contributed by atoms with Gasteiger partial charge in [-0.1, -0.05) is 32.8 Å². The Morgan fingerprint density at radius 2 is 1.79 bits per heavy atom. The molecule has 0 bridgehead atoms. The minimum absolute atomic E-state index is 0.0728. The second-order valence-electron chi connectivity index (χ2n) is 8.42. The molecule has 1 aromatic rings. The zero-order chi connectivity index (χ0) is 21.0. The van der Waals surface area contributed by atoms with E-state index in [2.05, 4.69) is 5.32 Å². The van der Waals surface area contributed by atoms with Gasteiger partial charge in [-0.05, 0) is 49.3 Å². The van der Waals surface area contributed by atoms with Crippen molar-refractivity contribution in [1.29, 1.82) is 0 Å². The third kappa shape index (κ3) is 5.57. The van der Waals surface area contributed by atoms with Crippen molar-refractivity contribution in [1.82, 2.24) is 9.62 Å². The number of sulfonamides is 1. The molecule has 1 heterocycles. The molecule has 3 rings (SSSR count). The Morgan fingerprint density at radius 1 is 1.14 bits per heavy atom. The van der Waals surface area contributed by atoms with Crippen molar-refractivity contribution in [2.24, 2.45) is 11.8 Å². The van der Waals surface area contributed by atoms with Crippen LogP contribution in [0.5, 0.6) is 0 Å². The van der Waals surface area contributed by atoms with E-state index in [0.29, 0.717) is 24.9 Å². The van der Waals surface area contributed by atoms with Crippen LogP contribution in [-0.2, 0) is 19.6 Å². The van der Waals surface area contributed by atoms with Gasteiger partial charge in [-0.15, -0.1) is 0 Å². The van der Waals surface area contributed by atoms with Gasteiger partial charge < -0.3 is 10.1 Å². The van der Waals surface area contributed by atoms with E-state index in [1.807, 2.05) is 13.8 Å². The van der Waals surface area contributed by atoms with Gasteiger partial charge in [-0.2, -0.15) is 4.31 Å². The first-order valence-corrected chi connectivity index (χ1v) is 11.8. The number of ether oxygens (including phenoxy) is 1. The van der Waals surface area contributed by atoms with Gasteiger partial charge in [-0.3, -0.25) is 4.79 Å². The van der Waals surface area contributed by atoms with Crippen LogP contribution < -0.4 is 5.32 Å². The number of esters is 1. The Morgan fingerprint density at radius 3 is 2.45 bits per heavy atom. The second kappa shape index (κ2) is 9.26. The molecular formula is C21H30N2O5S. The maximum Gasteiger partial charge on any atom is 0.338 e. The van der Waals surface area contributed by atoms with E-state index in [4.69, 9.17) is 4.74 Å². The largest absolute Gasteiger partial charge is 0.452 e. The average Bonchev–Trinajstić information content (AvgIpc) is 3.18. The summed E-state index contributed by atoms with van der Waals surface area (Å²) in [6.45, 7) is 4.67. The summed E-state index contributed by atoms with van der Waals surface area (Å²) in [5, 5.41) is 2.85. The summed E-state index contributed by atoms with van der Waals surface area (Å²) >= 11 is 0. The lowest BCUT2D eigenvalue weighted by atomic mass is 9.94. The normalized spacial score (nSPS) is 23.7. The lowest BCUT2D eigenvalue weighted by Crippen LogP contribution is -2.42. The van der Waals surface area contributed by atoms with E-state index in [9.17, 15) is 18.0 Å². The molecule has 2 aliphatic rings. The smallest absolute Gasteiger partial charge is 0.338 e. The Balaban J connectivity index is 1.63. The quantitative estimate of drug-likeness (QED) is 0.711. The minimum Gasteiger partial charge on any atom is -0.452 e. The monoisotopic (exact) mass is 422 g/mol. The molecule has 7 nitrogen and oxygen atoms in total. The van der Waals surface area contributed by atoms with Crippen molar-refractivity contribution in [3.63, 3.8) is 0 Å². The van der Waals surface area contributed by atoms with Gasteiger partial charge in [0.25, 0.3) is 5.91 Å². The summed E-state index contributed by atoms with van der Waals surface area (Å²) in [5.41, 5.74) is 0.123. The van der Waals surface area contributed by atoms with E-state index in [1.165, 1.54) is 28.6 Å². The summed E-state index contributed by atoms with van der Waals surface area (Å²) < 4.78 is 32.6. The number of rotatable bonds is 6. The van der Waals surface area contributed by atoms with Gasteiger partial charge in [0.15, 0.2) is 6.61 Å². The lowest BCUT2D eigenvalue weighted by molar-refractivity contribution is -0.124. The molecule has 1 aliphatic carbocycles. The van der Waals surface area contributed by atoms with Crippen LogP contribution in [-0.4, -0.2) is 50.3 Å². The second-order valence-corrected chi connectivity index (χ2v) is 10.4. The standard InChI is InChI=1S/C21H30N2O5S/c1-15-10-16(2)13-23(12-15)29(26,27)19-9-5-6-17(11-19)21(25)28-14-20(24)22-18-7-3-4-8-18/h5-6,9,11,15-16,18H,3-4,7-8,10,12-14H2,1-2H3,(H,22,24)/t15-,16-/m0/s1. The topological polar surface area (TPSA) is 92.8 Å². The number of nitrogens with zero attached hydrogens (tertiary/aromatic N) is 1. The molecule has 0 radical (unpaired) electrons. The van der Waals surface area contributed by atoms with Gasteiger partial charge in [0.1, 0.15) is 0 Å². The summed E-state index contributed by atoms with van der Waals surface area (Å²) in [6, 6.07) is 6.00. The first kappa shape index (κ1) is 21.8. The molecule has 0 aromatic heterocycles. The van der Waals surface area contributed by atoms with Crippen molar-refractivity contribution in [3.05, 3.63) is 29.8 Å². The lowest BCUT2D eigenvalue weighted by Gasteiger charge is -2.34. The summed E-state index contributed by atoms with van der Waals surface area (Å²) in [6.07, 6.45) is 5.10. The van der Waals surface area contributed by atoms with Crippen LogP contribution in [0.3, 0.4) is 0 Å². The molecule has 1 amide bonds. The molecule has 8 heteroatoms. The number of carbonyl (C=O) groups excluding carboxylic acids is 2. The van der Waals surface area contributed by atoms with Crippen molar-refractivity contribution in [3.8, 4) is 0 Å². The van der Waals surface area contributed by atoms with Crippen LogP contribution in [0, 0.1) is 11.8 Å². The first-order chi connectivity index (χ1) is 13.8. The highest BCUT2D eigenvalue weighted by Crippen LogP contribution is 2.27. The number of piperidine rings is 1. The van der Waals surface area contributed by atoms with Crippen molar-refractivity contribution >= 4 is 21.9 Å². The van der Waals surface area contributed by atoms with Crippen molar-refractivity contribution < 1.29 is 22.7 Å². The SMILES string of the molecule is C[C@H]1C[C@H](C)CN(S(=O)(=O)c2cccc(C(=O)OCC(=O)NC3CCCC3)c2)C1. The zero-order valence-corrected chi connectivity index (χ0v) is 17.9. The Bertz CT molecular complexity index is 838. The van der Waals surface area contributed by atoms with Gasteiger partial charge in [0, 0.05) is 19.1 Å². The molecule has 1 aliphatic heterocycles. The minimum atomic E-state index is -3.68. The van der Waals surface area contributed by atoms with Gasteiger partial charge in [0.2, 0.25) is 10.0 Å². The highest BCUT2D eigenvalue weighted by atomic mass is 32.2. The maximum atomic E-state index is 13.0. The highest BCUT2D eigenvalue weighted by Gasteiger charge is 2.32. The maximum absolute atomic E-state index is 13.0. The molecule has 1 saturated carbocycles. The Kier molecular flexibility index (Phi) is 6.95. The highest BCUT2D eigenvalue weighted by molar-refractivity contribution is 7.89. The predicted molar refractivity (Wildman–Crippen MR) is 109 cm³/mol. The molecule has 1 N–H and O–H groups in total. The number of benzene rings is 1. The van der Waals surface area contributed by atoms with Crippen LogP contribution >= 0.6 is 0 Å². The zero-order valence-electron chi connectivity index (χ0n) is 17.1. The van der Waals surface area contributed by atoms with Crippen molar-refractivity contribution in [2.45, 2.75) is 56.9 Å².